The number of ether oxygens (including phenoxy) is 2. The molecule has 1 N–H and O–H groups in total. The summed E-state index contributed by atoms with van der Waals surface area (Å²) >= 11 is 6.29. The molecule has 4 rings (SSSR count). The average molecular weight is 405 g/mol. The van der Waals surface area contributed by atoms with Crippen molar-refractivity contribution in [1.29, 1.82) is 0 Å². The quantitative estimate of drug-likeness (QED) is 0.793. The maximum atomic E-state index is 14.3. The molecule has 3 amide bonds. The van der Waals surface area contributed by atoms with Gasteiger partial charge in [0.15, 0.2) is 11.5 Å². The molecule has 6 nitrogen and oxygen atoms in total. The Bertz CT molecular complexity index is 967. The van der Waals surface area contributed by atoms with E-state index in [-0.39, 0.29) is 12.1 Å². The van der Waals surface area contributed by atoms with Crippen LogP contribution in [-0.2, 0) is 16.9 Å². The van der Waals surface area contributed by atoms with Gasteiger partial charge in [-0.3, -0.25) is 9.69 Å². The molecule has 0 radical (unpaired) electrons. The Hall–Kier alpha value is -2.80. The van der Waals surface area contributed by atoms with E-state index in [0.29, 0.717) is 35.3 Å². The number of amides is 3. The highest BCUT2D eigenvalue weighted by molar-refractivity contribution is 6.32. The molecular formula is C20H18ClFN2O4. The summed E-state index contributed by atoms with van der Waals surface area (Å²) < 4.78 is 25.5. The minimum Gasteiger partial charge on any atom is -0.489 e. The van der Waals surface area contributed by atoms with Gasteiger partial charge in [-0.2, -0.15) is 0 Å². The van der Waals surface area contributed by atoms with Crippen LogP contribution in [0.2, 0.25) is 5.02 Å². The number of imide groups is 1. The fourth-order valence-corrected chi connectivity index (χ4v) is 3.74. The van der Waals surface area contributed by atoms with Crippen LogP contribution < -0.4 is 14.8 Å². The highest BCUT2D eigenvalue weighted by Crippen LogP contribution is 2.39. The van der Waals surface area contributed by atoms with Gasteiger partial charge in [-0.05, 0) is 30.7 Å². The van der Waals surface area contributed by atoms with Gasteiger partial charge in [0.1, 0.15) is 11.4 Å². The Morgan fingerprint density at radius 1 is 1.21 bits per heavy atom. The van der Waals surface area contributed by atoms with Gasteiger partial charge >= 0.3 is 6.03 Å². The van der Waals surface area contributed by atoms with Gasteiger partial charge in [0.2, 0.25) is 0 Å². The summed E-state index contributed by atoms with van der Waals surface area (Å²) in [7, 11) is 0. The standard InChI is InChI=1S/C20H18ClFN2O4/c1-20(13-5-2-3-6-15(13)22)18(25)24(19(26)23-20)11-12-9-14(21)17-16(10-12)27-7-4-8-28-17/h2-3,5-6,9-10H,4,7-8,11H2,1H3,(H,23,26). The molecule has 8 heteroatoms. The van der Waals surface area contributed by atoms with Crippen molar-refractivity contribution >= 4 is 23.5 Å². The number of halogens is 2. The molecule has 1 saturated heterocycles. The van der Waals surface area contributed by atoms with E-state index in [9.17, 15) is 14.0 Å². The summed E-state index contributed by atoms with van der Waals surface area (Å²) in [6.07, 6.45) is 0.731. The first kappa shape index (κ1) is 18.6. The molecule has 1 unspecified atom stereocenters. The molecular weight excluding hydrogens is 387 g/mol. The lowest BCUT2D eigenvalue weighted by molar-refractivity contribution is -0.131. The van der Waals surface area contributed by atoms with Crippen LogP contribution in [0.1, 0.15) is 24.5 Å². The zero-order valence-electron chi connectivity index (χ0n) is 15.1. The summed E-state index contributed by atoms with van der Waals surface area (Å²) in [5.41, 5.74) is -0.750. The first-order chi connectivity index (χ1) is 13.4. The zero-order valence-corrected chi connectivity index (χ0v) is 15.9. The van der Waals surface area contributed by atoms with Gasteiger partial charge in [-0.1, -0.05) is 29.8 Å². The van der Waals surface area contributed by atoms with Gasteiger partial charge in [-0.15, -0.1) is 0 Å². The number of rotatable bonds is 3. The molecule has 0 spiro atoms. The summed E-state index contributed by atoms with van der Waals surface area (Å²) in [5, 5.41) is 2.95. The third-order valence-corrected chi connectivity index (χ3v) is 5.17. The molecule has 1 atom stereocenters. The lowest BCUT2D eigenvalue weighted by Crippen LogP contribution is -2.41. The lowest BCUT2D eigenvalue weighted by atomic mass is 9.91. The molecule has 1 fully saturated rings. The van der Waals surface area contributed by atoms with Crippen molar-refractivity contribution in [2.24, 2.45) is 0 Å². The molecule has 0 aliphatic carbocycles. The Labute approximate surface area is 166 Å². The van der Waals surface area contributed by atoms with Gasteiger partial charge in [-0.25, -0.2) is 9.18 Å². The second-order valence-corrected chi connectivity index (χ2v) is 7.29. The SMILES string of the molecule is CC1(c2ccccc2F)NC(=O)N(Cc2cc(Cl)c3c(c2)OCCCO3)C1=O. The minimum atomic E-state index is -1.47. The molecule has 2 aliphatic heterocycles. The maximum Gasteiger partial charge on any atom is 0.325 e. The predicted molar refractivity (Wildman–Crippen MR) is 99.9 cm³/mol. The zero-order chi connectivity index (χ0) is 19.9. The van der Waals surface area contributed by atoms with Crippen LogP contribution in [0.3, 0.4) is 0 Å². The number of urea groups is 1. The maximum absolute atomic E-state index is 14.3. The number of nitrogens with zero attached hydrogens (tertiary/aromatic N) is 1. The lowest BCUT2D eigenvalue weighted by Gasteiger charge is -2.23. The number of benzene rings is 2. The van der Waals surface area contributed by atoms with Crippen molar-refractivity contribution in [2.75, 3.05) is 13.2 Å². The average Bonchev–Trinajstić information content (AvgIpc) is 2.84. The smallest absolute Gasteiger partial charge is 0.325 e. The van der Waals surface area contributed by atoms with Gasteiger partial charge < -0.3 is 14.8 Å². The molecule has 146 valence electrons. The number of carbonyl (C=O) groups is 2. The fourth-order valence-electron chi connectivity index (χ4n) is 3.45. The van der Waals surface area contributed by atoms with E-state index in [1.165, 1.54) is 25.1 Å². The molecule has 0 bridgehead atoms. The van der Waals surface area contributed by atoms with E-state index in [1.807, 2.05) is 0 Å². The van der Waals surface area contributed by atoms with Gasteiger partial charge in [0.25, 0.3) is 5.91 Å². The van der Waals surface area contributed by atoms with E-state index >= 15 is 0 Å². The number of fused-ring (bicyclic) bond motifs is 1. The first-order valence-electron chi connectivity index (χ1n) is 8.87. The van der Waals surface area contributed by atoms with Crippen LogP contribution in [0.25, 0.3) is 0 Å². The molecule has 0 aromatic heterocycles. The van der Waals surface area contributed by atoms with Crippen molar-refractivity contribution in [2.45, 2.75) is 25.4 Å². The van der Waals surface area contributed by atoms with Crippen LogP contribution in [0, 0.1) is 5.82 Å². The second kappa shape index (κ2) is 6.98. The predicted octanol–water partition coefficient (Wildman–Crippen LogP) is 3.61. The summed E-state index contributed by atoms with van der Waals surface area (Å²) in [5.74, 6) is -0.162. The Balaban J connectivity index is 1.63. The molecule has 2 heterocycles. The molecule has 2 aliphatic rings. The largest absolute Gasteiger partial charge is 0.489 e. The molecule has 28 heavy (non-hydrogen) atoms. The summed E-state index contributed by atoms with van der Waals surface area (Å²) in [4.78, 5) is 26.6. The fraction of sp³-hybridized carbons (Fsp3) is 0.300. The van der Waals surface area contributed by atoms with Crippen LogP contribution in [0.5, 0.6) is 11.5 Å². The van der Waals surface area contributed by atoms with Crippen molar-refractivity contribution in [3.05, 3.63) is 58.4 Å². The van der Waals surface area contributed by atoms with E-state index in [2.05, 4.69) is 5.32 Å². The van der Waals surface area contributed by atoms with Crippen molar-refractivity contribution < 1.29 is 23.5 Å². The van der Waals surface area contributed by atoms with E-state index in [1.54, 1.807) is 18.2 Å². The molecule has 0 saturated carbocycles. The molecule has 2 aromatic rings. The van der Waals surface area contributed by atoms with Crippen LogP contribution >= 0.6 is 11.6 Å². The Kier molecular flexibility index (Phi) is 4.63. The monoisotopic (exact) mass is 404 g/mol. The molecule has 2 aromatic carbocycles. The number of hydrogen-bond donors (Lipinski definition) is 1. The van der Waals surface area contributed by atoms with Crippen molar-refractivity contribution in [1.82, 2.24) is 10.2 Å². The van der Waals surface area contributed by atoms with E-state index in [4.69, 9.17) is 21.1 Å². The van der Waals surface area contributed by atoms with E-state index in [0.717, 1.165) is 11.3 Å². The third kappa shape index (κ3) is 3.05. The Morgan fingerprint density at radius 2 is 1.96 bits per heavy atom. The van der Waals surface area contributed by atoms with Crippen LogP contribution in [-0.4, -0.2) is 30.1 Å². The number of hydrogen-bond acceptors (Lipinski definition) is 4. The van der Waals surface area contributed by atoms with Crippen LogP contribution in [0.15, 0.2) is 36.4 Å². The van der Waals surface area contributed by atoms with Crippen LogP contribution in [0.4, 0.5) is 9.18 Å². The first-order valence-corrected chi connectivity index (χ1v) is 9.25. The minimum absolute atomic E-state index is 0.0227. The van der Waals surface area contributed by atoms with Crippen molar-refractivity contribution in [3.63, 3.8) is 0 Å². The van der Waals surface area contributed by atoms with E-state index < -0.39 is 23.3 Å². The second-order valence-electron chi connectivity index (χ2n) is 6.88. The summed E-state index contributed by atoms with van der Waals surface area (Å²) in [6, 6.07) is 8.63. The highest BCUT2D eigenvalue weighted by atomic mass is 35.5. The Morgan fingerprint density at radius 3 is 2.75 bits per heavy atom. The summed E-state index contributed by atoms with van der Waals surface area (Å²) in [6.45, 7) is 2.46. The van der Waals surface area contributed by atoms with Gasteiger partial charge in [0, 0.05) is 12.0 Å². The number of nitrogens with one attached hydrogen (secondary N) is 1. The number of carbonyl (C=O) groups excluding carboxylic acids is 2. The third-order valence-electron chi connectivity index (χ3n) is 4.89. The van der Waals surface area contributed by atoms with Gasteiger partial charge in [0.05, 0.1) is 24.8 Å². The highest BCUT2D eigenvalue weighted by Gasteiger charge is 2.50. The van der Waals surface area contributed by atoms with Crippen molar-refractivity contribution in [3.8, 4) is 11.5 Å². The topological polar surface area (TPSA) is 67.9 Å². The normalized spacial score (nSPS) is 21.5.